The Hall–Kier alpha value is -1.68. The summed E-state index contributed by atoms with van der Waals surface area (Å²) in [5.41, 5.74) is 2.46. The molecule has 0 fully saturated rings. The molecule has 2 nitrogen and oxygen atoms in total. The second-order valence-corrected chi connectivity index (χ2v) is 5.47. The highest BCUT2D eigenvalue weighted by molar-refractivity contribution is 9.10. The molecule has 0 aliphatic carbocycles. The van der Waals surface area contributed by atoms with Crippen LogP contribution in [0.4, 0.5) is 10.1 Å². The average molecular weight is 336 g/mol. The fraction of sp³-hybridized carbons (Fsp3) is 0.188. The monoisotopic (exact) mass is 335 g/mol. The van der Waals surface area contributed by atoms with E-state index in [1.807, 2.05) is 37.3 Å². The van der Waals surface area contributed by atoms with Crippen molar-refractivity contribution in [2.24, 2.45) is 0 Å². The number of carbonyl (C=O) groups excluding carboxylic acids is 1. The summed E-state index contributed by atoms with van der Waals surface area (Å²) in [7, 11) is 0. The van der Waals surface area contributed by atoms with Gasteiger partial charge in [-0.15, -0.1) is 0 Å². The van der Waals surface area contributed by atoms with Gasteiger partial charge in [-0.05, 0) is 52.5 Å². The number of amides is 1. The molecule has 0 aromatic heterocycles. The number of hydrogen-bond donors (Lipinski definition) is 1. The maximum Gasteiger partial charge on any atom is 0.224 e. The van der Waals surface area contributed by atoms with Gasteiger partial charge in [0, 0.05) is 12.1 Å². The second-order valence-electron chi connectivity index (χ2n) is 4.62. The van der Waals surface area contributed by atoms with Gasteiger partial charge in [-0.3, -0.25) is 4.79 Å². The molecule has 0 atom stereocenters. The van der Waals surface area contributed by atoms with Crippen molar-refractivity contribution in [2.75, 3.05) is 5.32 Å². The molecule has 4 heteroatoms. The van der Waals surface area contributed by atoms with Gasteiger partial charge in [-0.1, -0.05) is 30.3 Å². The van der Waals surface area contributed by atoms with Gasteiger partial charge >= 0.3 is 0 Å². The number of hydrogen-bond acceptors (Lipinski definition) is 1. The lowest BCUT2D eigenvalue weighted by Crippen LogP contribution is -2.13. The molecule has 0 aliphatic heterocycles. The number of benzene rings is 2. The molecule has 2 aromatic carbocycles. The van der Waals surface area contributed by atoms with E-state index in [4.69, 9.17) is 0 Å². The molecule has 0 saturated carbocycles. The van der Waals surface area contributed by atoms with Crippen molar-refractivity contribution in [3.05, 3.63) is 63.9 Å². The Morgan fingerprint density at radius 3 is 2.65 bits per heavy atom. The number of nitrogens with one attached hydrogen (secondary N) is 1. The van der Waals surface area contributed by atoms with Gasteiger partial charge in [0.25, 0.3) is 0 Å². The fourth-order valence-corrected chi connectivity index (χ4v) is 2.35. The summed E-state index contributed by atoms with van der Waals surface area (Å²) < 4.78 is 13.9. The van der Waals surface area contributed by atoms with Crippen LogP contribution in [0.3, 0.4) is 0 Å². The van der Waals surface area contributed by atoms with Gasteiger partial charge in [-0.25, -0.2) is 4.39 Å². The van der Waals surface area contributed by atoms with Crippen LogP contribution in [0, 0.1) is 12.7 Å². The van der Waals surface area contributed by atoms with Crippen molar-refractivity contribution in [3.63, 3.8) is 0 Å². The standard InChI is InChI=1S/C16H15BrFNO/c1-11-9-13(17)14(18)10-15(11)19-16(20)8-7-12-5-3-2-4-6-12/h2-6,9-10H,7-8H2,1H3,(H,19,20). The summed E-state index contributed by atoms with van der Waals surface area (Å²) in [6.45, 7) is 1.83. The molecule has 2 rings (SSSR count). The first-order valence-electron chi connectivity index (χ1n) is 6.35. The zero-order chi connectivity index (χ0) is 14.5. The van der Waals surface area contributed by atoms with Crippen molar-refractivity contribution in [1.82, 2.24) is 0 Å². The molecule has 2 aromatic rings. The maximum absolute atomic E-state index is 13.5. The van der Waals surface area contributed by atoms with Crippen molar-refractivity contribution in [1.29, 1.82) is 0 Å². The van der Waals surface area contributed by atoms with Crippen LogP contribution >= 0.6 is 15.9 Å². The highest BCUT2D eigenvalue weighted by Crippen LogP contribution is 2.24. The number of anilines is 1. The van der Waals surface area contributed by atoms with Crippen LogP contribution in [0.5, 0.6) is 0 Å². The van der Waals surface area contributed by atoms with Crippen molar-refractivity contribution in [3.8, 4) is 0 Å². The minimum atomic E-state index is -0.381. The Labute approximate surface area is 126 Å². The van der Waals surface area contributed by atoms with Crippen LogP contribution in [-0.2, 0) is 11.2 Å². The van der Waals surface area contributed by atoms with Crippen LogP contribution in [-0.4, -0.2) is 5.91 Å². The third kappa shape index (κ3) is 3.90. The second kappa shape index (κ2) is 6.66. The molecule has 0 heterocycles. The molecular weight excluding hydrogens is 321 g/mol. The van der Waals surface area contributed by atoms with Crippen molar-refractivity contribution < 1.29 is 9.18 Å². The molecule has 0 aliphatic rings. The molecule has 0 unspecified atom stereocenters. The molecule has 0 bridgehead atoms. The van der Waals surface area contributed by atoms with Crippen molar-refractivity contribution >= 4 is 27.5 Å². The Bertz CT molecular complexity index is 613. The highest BCUT2D eigenvalue weighted by Gasteiger charge is 2.08. The van der Waals surface area contributed by atoms with Gasteiger partial charge in [-0.2, -0.15) is 0 Å². The SMILES string of the molecule is Cc1cc(Br)c(F)cc1NC(=O)CCc1ccccc1. The highest BCUT2D eigenvalue weighted by atomic mass is 79.9. The van der Waals surface area contributed by atoms with Crippen LogP contribution < -0.4 is 5.32 Å². The summed E-state index contributed by atoms with van der Waals surface area (Å²) in [6.07, 6.45) is 1.05. The van der Waals surface area contributed by atoms with E-state index in [0.29, 0.717) is 23.0 Å². The number of rotatable bonds is 4. The molecule has 0 spiro atoms. The molecule has 0 saturated heterocycles. The zero-order valence-electron chi connectivity index (χ0n) is 11.1. The number of carbonyl (C=O) groups is 1. The van der Waals surface area contributed by atoms with E-state index in [2.05, 4.69) is 21.2 Å². The van der Waals surface area contributed by atoms with E-state index in [1.165, 1.54) is 6.07 Å². The lowest BCUT2D eigenvalue weighted by molar-refractivity contribution is -0.116. The van der Waals surface area contributed by atoms with E-state index in [1.54, 1.807) is 6.07 Å². The third-order valence-corrected chi connectivity index (χ3v) is 3.63. The van der Waals surface area contributed by atoms with E-state index in [-0.39, 0.29) is 11.7 Å². The first-order chi connectivity index (χ1) is 9.56. The average Bonchev–Trinajstić information content (AvgIpc) is 2.44. The smallest absolute Gasteiger partial charge is 0.224 e. The van der Waals surface area contributed by atoms with Gasteiger partial charge in [0.1, 0.15) is 5.82 Å². The van der Waals surface area contributed by atoms with Gasteiger partial charge in [0.05, 0.1) is 4.47 Å². The normalized spacial score (nSPS) is 10.3. The minimum absolute atomic E-state index is 0.112. The van der Waals surface area contributed by atoms with E-state index < -0.39 is 0 Å². The predicted molar refractivity (Wildman–Crippen MR) is 82.2 cm³/mol. The first kappa shape index (κ1) is 14.7. The largest absolute Gasteiger partial charge is 0.326 e. The van der Waals surface area contributed by atoms with E-state index in [0.717, 1.165) is 11.1 Å². The first-order valence-corrected chi connectivity index (χ1v) is 7.15. The molecule has 1 amide bonds. The molecule has 20 heavy (non-hydrogen) atoms. The zero-order valence-corrected chi connectivity index (χ0v) is 12.7. The predicted octanol–water partition coefficient (Wildman–Crippen LogP) is 4.47. The van der Waals surface area contributed by atoms with Crippen molar-refractivity contribution in [2.45, 2.75) is 19.8 Å². The minimum Gasteiger partial charge on any atom is -0.326 e. The Kier molecular flexibility index (Phi) is 4.90. The fourth-order valence-electron chi connectivity index (χ4n) is 1.90. The van der Waals surface area contributed by atoms with Crippen LogP contribution in [0.1, 0.15) is 17.5 Å². The van der Waals surface area contributed by atoms with Crippen LogP contribution in [0.25, 0.3) is 0 Å². The third-order valence-electron chi connectivity index (χ3n) is 3.02. The van der Waals surface area contributed by atoms with Crippen LogP contribution in [0.15, 0.2) is 46.9 Å². The number of aryl methyl sites for hydroxylation is 2. The van der Waals surface area contributed by atoms with Crippen LogP contribution in [0.2, 0.25) is 0 Å². The Balaban J connectivity index is 1.97. The number of halogens is 2. The summed E-state index contributed by atoms with van der Waals surface area (Å²) in [4.78, 5) is 11.9. The lowest BCUT2D eigenvalue weighted by Gasteiger charge is -2.09. The molecular formula is C16H15BrFNO. The lowest BCUT2D eigenvalue weighted by atomic mass is 10.1. The molecule has 0 radical (unpaired) electrons. The summed E-state index contributed by atoms with van der Waals surface area (Å²) in [5.74, 6) is -0.493. The van der Waals surface area contributed by atoms with E-state index in [9.17, 15) is 9.18 Å². The Morgan fingerprint density at radius 1 is 1.25 bits per heavy atom. The van der Waals surface area contributed by atoms with Gasteiger partial charge < -0.3 is 5.32 Å². The molecule has 104 valence electrons. The summed E-state index contributed by atoms with van der Waals surface area (Å²) in [6, 6.07) is 12.8. The quantitative estimate of drug-likeness (QED) is 0.877. The topological polar surface area (TPSA) is 29.1 Å². The maximum atomic E-state index is 13.5. The summed E-state index contributed by atoms with van der Waals surface area (Å²) in [5, 5.41) is 2.75. The Morgan fingerprint density at radius 2 is 1.95 bits per heavy atom. The molecule has 1 N–H and O–H groups in total. The van der Waals surface area contributed by atoms with Gasteiger partial charge in [0.2, 0.25) is 5.91 Å². The summed E-state index contributed by atoms with van der Waals surface area (Å²) >= 11 is 3.12. The van der Waals surface area contributed by atoms with Gasteiger partial charge in [0.15, 0.2) is 0 Å². The van der Waals surface area contributed by atoms with E-state index >= 15 is 0 Å².